The summed E-state index contributed by atoms with van der Waals surface area (Å²) in [4.78, 5) is 0. The minimum atomic E-state index is -3.59. The Morgan fingerprint density at radius 3 is 2.00 bits per heavy atom. The summed E-state index contributed by atoms with van der Waals surface area (Å²) in [5, 5.41) is 0. The highest BCUT2D eigenvalue weighted by Crippen LogP contribution is 1.94. The van der Waals surface area contributed by atoms with Crippen molar-refractivity contribution in [3.63, 3.8) is 0 Å². The van der Waals surface area contributed by atoms with Gasteiger partial charge >= 0.3 is 10.3 Å². The highest BCUT2D eigenvalue weighted by atomic mass is 32.2. The van der Waals surface area contributed by atoms with Gasteiger partial charge in [-0.25, -0.2) is 0 Å². The second-order valence-electron chi connectivity index (χ2n) is 1.76. The van der Waals surface area contributed by atoms with Gasteiger partial charge in [0.2, 0.25) is 0 Å². The normalized spacial score (nSPS) is 12.4. The van der Waals surface area contributed by atoms with Gasteiger partial charge in [0, 0.05) is 7.05 Å². The van der Waals surface area contributed by atoms with Crippen LogP contribution in [0.25, 0.3) is 0 Å². The summed E-state index contributed by atoms with van der Waals surface area (Å²) in [6, 6.07) is 0. The zero-order chi connectivity index (χ0) is 7.49. The molecule has 9 heavy (non-hydrogen) atoms. The van der Waals surface area contributed by atoms with Gasteiger partial charge in [0.15, 0.2) is 0 Å². The van der Waals surface area contributed by atoms with E-state index in [-0.39, 0.29) is 6.10 Å². The Labute approximate surface area is 55.5 Å². The Morgan fingerprint density at radius 2 is 1.89 bits per heavy atom. The van der Waals surface area contributed by atoms with E-state index in [1.807, 2.05) is 0 Å². The number of nitrogens with zero attached hydrogens (tertiary/aromatic N) is 1. The molecule has 0 spiro atoms. The summed E-state index contributed by atoms with van der Waals surface area (Å²) in [7, 11) is -2.42. The molecule has 0 aromatic heterocycles. The van der Waals surface area contributed by atoms with E-state index in [4.69, 9.17) is 0 Å². The van der Waals surface area contributed by atoms with Gasteiger partial charge in [-0.2, -0.15) is 8.42 Å². The topological polar surface area (TPSA) is 57.5 Å². The highest BCUT2D eigenvalue weighted by Gasteiger charge is 2.09. The van der Waals surface area contributed by atoms with Gasteiger partial charge in [-0.15, -0.1) is 0 Å². The molecule has 0 N–H and O–H groups in total. The standard InChI is InChI=1S/C4H10NO3S/c1-4(2)8-9(6,7)5-3/h4H,1-3H3. The highest BCUT2D eigenvalue weighted by molar-refractivity contribution is 7.84. The first-order valence-electron chi connectivity index (χ1n) is 2.52. The van der Waals surface area contributed by atoms with E-state index >= 15 is 0 Å². The lowest BCUT2D eigenvalue weighted by molar-refractivity contribution is 0.245. The quantitative estimate of drug-likeness (QED) is 0.567. The van der Waals surface area contributed by atoms with Crippen LogP contribution < -0.4 is 4.72 Å². The lowest BCUT2D eigenvalue weighted by Gasteiger charge is -2.03. The smallest absolute Gasteiger partial charge is 0.254 e. The maximum atomic E-state index is 10.4. The lowest BCUT2D eigenvalue weighted by atomic mass is 10.5. The summed E-state index contributed by atoms with van der Waals surface area (Å²) < 4.78 is 28.2. The Bertz CT molecular complexity index is 161. The van der Waals surface area contributed by atoms with Crippen LogP contribution in [0, 0.1) is 0 Å². The molecular weight excluding hydrogens is 142 g/mol. The Morgan fingerprint density at radius 1 is 1.44 bits per heavy atom. The van der Waals surface area contributed by atoms with Crippen molar-refractivity contribution < 1.29 is 12.6 Å². The SMILES string of the molecule is C[N]S(=O)(=O)OC(C)C. The zero-order valence-corrected chi connectivity index (χ0v) is 6.47. The second kappa shape index (κ2) is 3.14. The van der Waals surface area contributed by atoms with Crippen molar-refractivity contribution in [2.75, 3.05) is 7.05 Å². The second-order valence-corrected chi connectivity index (χ2v) is 3.17. The molecule has 4 nitrogen and oxygen atoms in total. The van der Waals surface area contributed by atoms with E-state index in [2.05, 4.69) is 8.91 Å². The average Bonchev–Trinajstić information content (AvgIpc) is 1.63. The van der Waals surface area contributed by atoms with Gasteiger partial charge in [0.05, 0.1) is 6.10 Å². The molecule has 0 bridgehead atoms. The lowest BCUT2D eigenvalue weighted by Crippen LogP contribution is -2.19. The van der Waals surface area contributed by atoms with E-state index in [0.29, 0.717) is 0 Å². The van der Waals surface area contributed by atoms with Gasteiger partial charge in [-0.05, 0) is 13.8 Å². The maximum Gasteiger partial charge on any atom is 0.352 e. The summed E-state index contributed by atoms with van der Waals surface area (Å²) in [6.07, 6.45) is -0.335. The van der Waals surface area contributed by atoms with Crippen LogP contribution >= 0.6 is 0 Å². The van der Waals surface area contributed by atoms with Crippen molar-refractivity contribution in [1.29, 1.82) is 0 Å². The number of hydrogen-bond donors (Lipinski definition) is 0. The van der Waals surface area contributed by atoms with Gasteiger partial charge in [-0.3, -0.25) is 4.18 Å². The van der Waals surface area contributed by atoms with Gasteiger partial charge in [-0.1, -0.05) is 4.72 Å². The van der Waals surface area contributed by atoms with Crippen LogP contribution in [0.15, 0.2) is 0 Å². The van der Waals surface area contributed by atoms with Crippen LogP contribution in [-0.4, -0.2) is 21.6 Å². The fraction of sp³-hybridized carbons (Fsp3) is 1.00. The van der Waals surface area contributed by atoms with E-state index in [9.17, 15) is 8.42 Å². The fourth-order valence-electron chi connectivity index (χ4n) is 0.286. The van der Waals surface area contributed by atoms with E-state index < -0.39 is 10.3 Å². The molecule has 1 radical (unpaired) electrons. The average molecular weight is 152 g/mol. The van der Waals surface area contributed by atoms with Crippen LogP contribution in [0.2, 0.25) is 0 Å². The molecule has 0 heterocycles. The Balaban J connectivity index is 3.90. The third-order valence-electron chi connectivity index (χ3n) is 0.538. The first-order chi connectivity index (χ1) is 3.98. The molecular formula is C4H10NO3S. The maximum absolute atomic E-state index is 10.4. The summed E-state index contributed by atoms with van der Waals surface area (Å²) in [5.74, 6) is 0. The molecule has 0 saturated carbocycles. The Kier molecular flexibility index (Phi) is 3.10. The molecule has 0 unspecified atom stereocenters. The van der Waals surface area contributed by atoms with Crippen molar-refractivity contribution in [1.82, 2.24) is 4.72 Å². The largest absolute Gasteiger partial charge is 0.352 e. The predicted octanol–water partition coefficient (Wildman–Crippen LogP) is -0.110. The van der Waals surface area contributed by atoms with E-state index in [1.54, 1.807) is 13.8 Å². The molecule has 0 aromatic rings. The van der Waals surface area contributed by atoms with Gasteiger partial charge in [0.25, 0.3) is 0 Å². The first kappa shape index (κ1) is 8.87. The molecule has 5 heteroatoms. The van der Waals surface area contributed by atoms with Crippen LogP contribution in [0.4, 0.5) is 0 Å². The molecule has 0 fully saturated rings. The third kappa shape index (κ3) is 4.38. The summed E-state index contributed by atoms with van der Waals surface area (Å²) >= 11 is 0. The van der Waals surface area contributed by atoms with E-state index in [0.717, 1.165) is 0 Å². The number of hydrogen-bond acceptors (Lipinski definition) is 3. The molecule has 0 atom stereocenters. The van der Waals surface area contributed by atoms with Crippen LogP contribution in [0.5, 0.6) is 0 Å². The third-order valence-corrected chi connectivity index (χ3v) is 1.61. The molecule has 0 rings (SSSR count). The molecule has 0 aliphatic rings. The molecule has 0 aliphatic carbocycles. The molecule has 0 aliphatic heterocycles. The molecule has 0 aromatic carbocycles. The van der Waals surface area contributed by atoms with Crippen molar-refractivity contribution in [2.45, 2.75) is 20.0 Å². The minimum Gasteiger partial charge on any atom is -0.254 e. The number of rotatable bonds is 3. The van der Waals surface area contributed by atoms with Crippen molar-refractivity contribution in [3.8, 4) is 0 Å². The van der Waals surface area contributed by atoms with E-state index in [1.165, 1.54) is 7.05 Å². The molecule has 55 valence electrons. The van der Waals surface area contributed by atoms with Crippen molar-refractivity contribution in [2.24, 2.45) is 0 Å². The van der Waals surface area contributed by atoms with Crippen LogP contribution in [0.3, 0.4) is 0 Å². The Hall–Kier alpha value is -0.130. The first-order valence-corrected chi connectivity index (χ1v) is 3.89. The summed E-state index contributed by atoms with van der Waals surface area (Å²) in [5.41, 5.74) is 0. The summed E-state index contributed by atoms with van der Waals surface area (Å²) in [6.45, 7) is 3.26. The van der Waals surface area contributed by atoms with Crippen molar-refractivity contribution in [3.05, 3.63) is 0 Å². The van der Waals surface area contributed by atoms with Crippen molar-refractivity contribution >= 4 is 10.3 Å². The molecule has 0 amide bonds. The minimum absolute atomic E-state index is 0.335. The molecule has 0 saturated heterocycles. The van der Waals surface area contributed by atoms with Gasteiger partial charge < -0.3 is 0 Å². The monoisotopic (exact) mass is 152 g/mol. The zero-order valence-electron chi connectivity index (χ0n) is 5.66. The van der Waals surface area contributed by atoms with Gasteiger partial charge in [0.1, 0.15) is 0 Å². The predicted molar refractivity (Wildman–Crippen MR) is 33.2 cm³/mol. The van der Waals surface area contributed by atoms with Crippen LogP contribution in [0.1, 0.15) is 13.8 Å². The fourth-order valence-corrected chi connectivity index (χ4v) is 0.859. The van der Waals surface area contributed by atoms with Crippen LogP contribution in [-0.2, 0) is 14.5 Å².